The van der Waals surface area contributed by atoms with Crippen molar-refractivity contribution >= 4 is 17.5 Å². The zero-order valence-corrected chi connectivity index (χ0v) is 15.6. The number of likely N-dealkylation sites (tertiary alicyclic amines) is 1. The van der Waals surface area contributed by atoms with E-state index in [9.17, 15) is 14.4 Å². The third kappa shape index (κ3) is 3.22. The first-order valence-corrected chi connectivity index (χ1v) is 9.69. The molecule has 1 N–H and O–H groups in total. The molecule has 1 aromatic heterocycles. The number of nitrogens with one attached hydrogen (secondary N) is 1. The molecule has 2 heterocycles. The second kappa shape index (κ2) is 7.14. The predicted octanol–water partition coefficient (Wildman–Crippen LogP) is 3.58. The van der Waals surface area contributed by atoms with Crippen LogP contribution in [-0.2, 0) is 6.42 Å². The van der Waals surface area contributed by atoms with Crippen LogP contribution in [0.25, 0.3) is 0 Å². The van der Waals surface area contributed by atoms with Gasteiger partial charge >= 0.3 is 0 Å². The van der Waals surface area contributed by atoms with Gasteiger partial charge in [0.2, 0.25) is 0 Å². The molecule has 5 heteroatoms. The zero-order valence-electron chi connectivity index (χ0n) is 15.6. The number of aromatic nitrogens is 1. The number of nitrogens with zero attached hydrogens (tertiary/aromatic N) is 1. The van der Waals surface area contributed by atoms with Crippen LogP contribution in [0.1, 0.15) is 68.1 Å². The first-order valence-electron chi connectivity index (χ1n) is 9.69. The molecule has 1 aromatic carbocycles. The van der Waals surface area contributed by atoms with E-state index < -0.39 is 0 Å². The van der Waals surface area contributed by atoms with Gasteiger partial charge in [-0.15, -0.1) is 0 Å². The summed E-state index contributed by atoms with van der Waals surface area (Å²) in [5.74, 6) is -0.156. The fraction of sp³-hybridized carbons (Fsp3) is 0.409. The van der Waals surface area contributed by atoms with Gasteiger partial charge in [0.1, 0.15) is 0 Å². The van der Waals surface area contributed by atoms with Crippen LogP contribution in [0.3, 0.4) is 0 Å². The lowest BCUT2D eigenvalue weighted by Gasteiger charge is -2.32. The van der Waals surface area contributed by atoms with E-state index in [-0.39, 0.29) is 23.4 Å². The molecule has 1 amide bonds. The maximum absolute atomic E-state index is 13.2. The number of rotatable bonds is 3. The number of carbonyl (C=O) groups excluding carboxylic acids is 3. The fourth-order valence-corrected chi connectivity index (χ4v) is 4.37. The molecule has 5 nitrogen and oxygen atoms in total. The Kier molecular flexibility index (Phi) is 4.68. The van der Waals surface area contributed by atoms with Crippen molar-refractivity contribution in [1.29, 1.82) is 0 Å². The number of hydrogen-bond donors (Lipinski definition) is 1. The largest absolute Gasteiger partial charge is 0.361 e. The van der Waals surface area contributed by atoms with Crippen molar-refractivity contribution in [2.75, 3.05) is 13.1 Å². The number of piperidine rings is 1. The van der Waals surface area contributed by atoms with Gasteiger partial charge in [-0.3, -0.25) is 14.4 Å². The van der Waals surface area contributed by atoms with Crippen LogP contribution < -0.4 is 0 Å². The molecule has 140 valence electrons. The Morgan fingerprint density at radius 2 is 1.89 bits per heavy atom. The topological polar surface area (TPSA) is 70.2 Å². The molecule has 0 spiro atoms. The van der Waals surface area contributed by atoms with Crippen molar-refractivity contribution < 1.29 is 14.4 Å². The van der Waals surface area contributed by atoms with Gasteiger partial charge in [0.25, 0.3) is 5.91 Å². The molecule has 1 unspecified atom stereocenters. The first kappa shape index (κ1) is 17.7. The minimum atomic E-state index is -0.184. The summed E-state index contributed by atoms with van der Waals surface area (Å²) in [7, 11) is 0. The van der Waals surface area contributed by atoms with Crippen LogP contribution >= 0.6 is 0 Å². The van der Waals surface area contributed by atoms with Gasteiger partial charge < -0.3 is 9.88 Å². The van der Waals surface area contributed by atoms with E-state index in [1.165, 1.54) is 0 Å². The average Bonchev–Trinajstić information content (AvgIpc) is 3.05. The Morgan fingerprint density at radius 3 is 2.67 bits per heavy atom. The van der Waals surface area contributed by atoms with E-state index in [0.29, 0.717) is 36.2 Å². The van der Waals surface area contributed by atoms with Crippen molar-refractivity contribution in [3.63, 3.8) is 0 Å². The summed E-state index contributed by atoms with van der Waals surface area (Å²) in [5, 5.41) is 0. The number of ketones is 2. The molecule has 2 aromatic rings. The second-order valence-electron chi connectivity index (χ2n) is 7.58. The molecule has 4 rings (SSSR count). The number of amides is 1. The van der Waals surface area contributed by atoms with E-state index in [1.807, 2.05) is 37.3 Å². The van der Waals surface area contributed by atoms with Crippen LogP contribution in [0.15, 0.2) is 30.3 Å². The van der Waals surface area contributed by atoms with E-state index >= 15 is 0 Å². The van der Waals surface area contributed by atoms with Gasteiger partial charge in [-0.05, 0) is 32.6 Å². The highest BCUT2D eigenvalue weighted by atomic mass is 16.2. The number of hydrogen-bond acceptors (Lipinski definition) is 3. The van der Waals surface area contributed by atoms with Crippen molar-refractivity contribution in [1.82, 2.24) is 9.88 Å². The van der Waals surface area contributed by atoms with Crippen LogP contribution in [0.5, 0.6) is 0 Å². The summed E-state index contributed by atoms with van der Waals surface area (Å²) >= 11 is 0. The third-order valence-corrected chi connectivity index (χ3v) is 5.73. The Morgan fingerprint density at radius 1 is 1.11 bits per heavy atom. The maximum atomic E-state index is 13.2. The van der Waals surface area contributed by atoms with Crippen LogP contribution in [-0.4, -0.2) is 40.4 Å². The summed E-state index contributed by atoms with van der Waals surface area (Å²) in [6.45, 7) is 2.90. The molecule has 2 aliphatic rings. The van der Waals surface area contributed by atoms with Gasteiger partial charge in [-0.2, -0.15) is 0 Å². The van der Waals surface area contributed by atoms with Crippen molar-refractivity contribution in [3.8, 4) is 0 Å². The molecule has 1 aliphatic carbocycles. The van der Waals surface area contributed by atoms with Gasteiger partial charge in [0.15, 0.2) is 11.6 Å². The van der Waals surface area contributed by atoms with E-state index in [1.54, 1.807) is 4.90 Å². The standard InChI is InChI=1S/C22H24N2O3/c1-14-19(20-17(23-14)10-5-11-18(20)25)22(27)24-12-6-9-16(13-24)21(26)15-7-3-2-4-8-15/h2-4,7-8,16,23H,5-6,9-13H2,1H3. The Balaban J connectivity index is 1.57. The fourth-order valence-electron chi connectivity index (χ4n) is 4.37. The average molecular weight is 364 g/mol. The molecular weight excluding hydrogens is 340 g/mol. The number of H-pyrrole nitrogens is 1. The van der Waals surface area contributed by atoms with Gasteiger partial charge in [0, 0.05) is 42.4 Å². The smallest absolute Gasteiger partial charge is 0.256 e. The van der Waals surface area contributed by atoms with E-state index in [4.69, 9.17) is 0 Å². The number of aryl methyl sites for hydroxylation is 2. The van der Waals surface area contributed by atoms with Crippen LogP contribution in [0, 0.1) is 12.8 Å². The normalized spacial score (nSPS) is 19.7. The summed E-state index contributed by atoms with van der Waals surface area (Å²) in [6, 6.07) is 9.27. The van der Waals surface area contributed by atoms with Crippen molar-refractivity contribution in [3.05, 3.63) is 58.4 Å². The van der Waals surface area contributed by atoms with Crippen LogP contribution in [0.2, 0.25) is 0 Å². The molecule has 0 saturated carbocycles. The van der Waals surface area contributed by atoms with Crippen LogP contribution in [0.4, 0.5) is 0 Å². The molecule has 1 saturated heterocycles. The molecule has 1 fully saturated rings. The number of benzene rings is 1. The van der Waals surface area contributed by atoms with Gasteiger partial charge in [0.05, 0.1) is 11.1 Å². The second-order valence-corrected chi connectivity index (χ2v) is 7.58. The minimum Gasteiger partial charge on any atom is -0.361 e. The lowest BCUT2D eigenvalue weighted by Crippen LogP contribution is -2.43. The zero-order chi connectivity index (χ0) is 19.0. The Hall–Kier alpha value is -2.69. The van der Waals surface area contributed by atoms with E-state index in [2.05, 4.69) is 4.98 Å². The number of aromatic amines is 1. The minimum absolute atomic E-state index is 0.0536. The quantitative estimate of drug-likeness (QED) is 0.847. The lowest BCUT2D eigenvalue weighted by molar-refractivity contribution is 0.0633. The highest BCUT2D eigenvalue weighted by molar-refractivity contribution is 6.10. The third-order valence-electron chi connectivity index (χ3n) is 5.73. The number of Topliss-reactive ketones (excluding diaryl/α,β-unsaturated/α-hetero) is 2. The highest BCUT2D eigenvalue weighted by Crippen LogP contribution is 2.29. The summed E-state index contributed by atoms with van der Waals surface area (Å²) in [4.78, 5) is 43.5. The molecule has 27 heavy (non-hydrogen) atoms. The Labute approximate surface area is 158 Å². The number of carbonyl (C=O) groups is 3. The predicted molar refractivity (Wildman–Crippen MR) is 102 cm³/mol. The molecular formula is C22H24N2O3. The molecule has 1 atom stereocenters. The first-order chi connectivity index (χ1) is 13.1. The maximum Gasteiger partial charge on any atom is 0.256 e. The molecule has 1 aliphatic heterocycles. The monoisotopic (exact) mass is 364 g/mol. The SMILES string of the molecule is Cc1[nH]c2c(c1C(=O)N1CCCC(C(=O)c3ccccc3)C1)C(=O)CCC2. The summed E-state index contributed by atoms with van der Waals surface area (Å²) < 4.78 is 0. The lowest BCUT2D eigenvalue weighted by atomic mass is 9.88. The Bertz CT molecular complexity index is 898. The summed E-state index contributed by atoms with van der Waals surface area (Å²) in [6.07, 6.45) is 3.73. The highest BCUT2D eigenvalue weighted by Gasteiger charge is 2.34. The molecule has 0 radical (unpaired) electrons. The van der Waals surface area contributed by atoms with Gasteiger partial charge in [-0.25, -0.2) is 0 Å². The van der Waals surface area contributed by atoms with Crippen molar-refractivity contribution in [2.45, 2.75) is 39.0 Å². The number of fused-ring (bicyclic) bond motifs is 1. The van der Waals surface area contributed by atoms with Gasteiger partial charge in [-0.1, -0.05) is 30.3 Å². The van der Waals surface area contributed by atoms with Crippen molar-refractivity contribution in [2.24, 2.45) is 5.92 Å². The molecule has 0 bridgehead atoms. The van der Waals surface area contributed by atoms with E-state index in [0.717, 1.165) is 37.1 Å². The summed E-state index contributed by atoms with van der Waals surface area (Å²) in [5.41, 5.74) is 3.45.